The van der Waals surface area contributed by atoms with E-state index < -0.39 is 24.3 Å². The smallest absolute Gasteiger partial charge is 0.361 e. The van der Waals surface area contributed by atoms with Gasteiger partial charge in [0.2, 0.25) is 0 Å². The Bertz CT molecular complexity index is 1520. The van der Waals surface area contributed by atoms with Gasteiger partial charge in [-0.1, -0.05) is 227 Å². The minimum Gasteiger partial charge on any atom is -0.477 e. The molecule has 0 aromatic heterocycles. The molecule has 9 nitrogen and oxygen atoms in total. The van der Waals surface area contributed by atoms with Crippen molar-refractivity contribution in [1.29, 1.82) is 0 Å². The van der Waals surface area contributed by atoms with Crippen LogP contribution in [0.3, 0.4) is 0 Å². The minimum absolute atomic E-state index is 0.182. The van der Waals surface area contributed by atoms with Crippen molar-refractivity contribution in [3.05, 3.63) is 97.2 Å². The third kappa shape index (κ3) is 55.8. The number of ether oxygens (including phenoxy) is 4. The summed E-state index contributed by atoms with van der Waals surface area (Å²) >= 11 is 0. The number of esters is 2. The Morgan fingerprint density at radius 2 is 0.740 bits per heavy atom. The second-order valence-corrected chi connectivity index (χ2v) is 20.5. The summed E-state index contributed by atoms with van der Waals surface area (Å²) in [6, 6.07) is 0. The van der Waals surface area contributed by atoms with Crippen LogP contribution in [0, 0.1) is 0 Å². The molecule has 0 radical (unpaired) electrons. The maximum Gasteiger partial charge on any atom is 0.361 e. The number of hydrogen-bond donors (Lipinski definition) is 1. The van der Waals surface area contributed by atoms with Crippen molar-refractivity contribution in [2.75, 3.05) is 47.5 Å². The minimum atomic E-state index is -1.52. The molecule has 2 atom stereocenters. The summed E-state index contributed by atoms with van der Waals surface area (Å²) < 4.78 is 22.9. The first-order chi connectivity index (χ1) is 35.6. The molecule has 0 heterocycles. The normalized spacial score (nSPS) is 13.5. The van der Waals surface area contributed by atoms with Gasteiger partial charge in [0, 0.05) is 12.8 Å². The summed E-state index contributed by atoms with van der Waals surface area (Å²) in [5, 5.41) is 9.71. The number of unbranched alkanes of at least 4 members (excludes halogenated alkanes) is 22. The van der Waals surface area contributed by atoms with Crippen molar-refractivity contribution in [2.45, 2.75) is 245 Å². The van der Waals surface area contributed by atoms with Gasteiger partial charge in [-0.05, 0) is 89.9 Å². The highest BCUT2D eigenvalue weighted by molar-refractivity contribution is 5.71. The largest absolute Gasteiger partial charge is 0.477 e. The first-order valence-corrected chi connectivity index (χ1v) is 29.4. The molecule has 9 heteroatoms. The highest BCUT2D eigenvalue weighted by Gasteiger charge is 2.25. The standard InChI is InChI=1S/C64H109NO8/c1-6-8-10-12-14-16-18-20-22-24-26-28-29-30-31-32-33-35-37-39-41-43-45-47-49-51-53-55-62(67)73-60(59-72-64(63(68)69)70-57-56-65(3,4)5)58-71-61(66)54-52-50-48-46-44-42-40-38-36-34-27-25-23-21-19-17-15-13-11-9-7-2/h8-11,14-17,20-23,26-28,34,60,64H,6-7,12-13,18-19,24-25,29-33,35-59H2,1-5H3/p+1/b10-8-,11-9-,16-14-,17-15-,22-20-,23-21-,28-26-,34-27-. The number of carbonyl (C=O) groups excluding carboxylic acids is 2. The molecule has 1 N–H and O–H groups in total. The fourth-order valence-electron chi connectivity index (χ4n) is 7.88. The van der Waals surface area contributed by atoms with E-state index in [9.17, 15) is 19.5 Å². The summed E-state index contributed by atoms with van der Waals surface area (Å²) in [5.41, 5.74) is 0. The van der Waals surface area contributed by atoms with Gasteiger partial charge in [0.05, 0.1) is 34.4 Å². The molecule has 2 unspecified atom stereocenters. The lowest BCUT2D eigenvalue weighted by atomic mass is 10.0. The van der Waals surface area contributed by atoms with Gasteiger partial charge < -0.3 is 28.5 Å². The van der Waals surface area contributed by atoms with E-state index in [0.29, 0.717) is 17.4 Å². The number of likely N-dealkylation sites (N-methyl/N-ethyl adjacent to an activating group) is 1. The highest BCUT2D eigenvalue weighted by Crippen LogP contribution is 2.16. The molecule has 0 spiro atoms. The van der Waals surface area contributed by atoms with Gasteiger partial charge in [-0.15, -0.1) is 0 Å². The van der Waals surface area contributed by atoms with Crippen LogP contribution in [0.1, 0.15) is 232 Å². The number of carboxylic acids is 1. The van der Waals surface area contributed by atoms with Crippen LogP contribution in [0.4, 0.5) is 0 Å². The van der Waals surface area contributed by atoms with Crippen LogP contribution >= 0.6 is 0 Å². The van der Waals surface area contributed by atoms with E-state index in [1.165, 1.54) is 103 Å². The third-order valence-corrected chi connectivity index (χ3v) is 12.3. The molecule has 0 rings (SSSR count). The molecule has 0 saturated heterocycles. The lowest BCUT2D eigenvalue weighted by Gasteiger charge is -2.25. The molecule has 0 amide bonds. The van der Waals surface area contributed by atoms with Crippen molar-refractivity contribution in [3.8, 4) is 0 Å². The second kappa shape index (κ2) is 54.5. The number of aliphatic carboxylic acids is 1. The molecule has 0 aliphatic carbocycles. The van der Waals surface area contributed by atoms with Crippen molar-refractivity contribution in [2.24, 2.45) is 0 Å². The van der Waals surface area contributed by atoms with Crippen molar-refractivity contribution < 1.29 is 42.9 Å². The van der Waals surface area contributed by atoms with Gasteiger partial charge in [-0.25, -0.2) is 4.79 Å². The van der Waals surface area contributed by atoms with E-state index in [2.05, 4.69) is 111 Å². The lowest BCUT2D eigenvalue weighted by Crippen LogP contribution is -2.40. The van der Waals surface area contributed by atoms with Gasteiger partial charge >= 0.3 is 17.9 Å². The zero-order valence-electron chi connectivity index (χ0n) is 47.5. The number of nitrogens with zero attached hydrogens (tertiary/aromatic N) is 1. The predicted molar refractivity (Wildman–Crippen MR) is 309 cm³/mol. The quantitative estimate of drug-likeness (QED) is 0.0211. The number of allylic oxidation sites excluding steroid dienone is 16. The molecule has 0 aliphatic heterocycles. The molecule has 0 bridgehead atoms. The number of hydrogen-bond acceptors (Lipinski definition) is 7. The molecule has 0 aliphatic rings. The van der Waals surface area contributed by atoms with E-state index in [4.69, 9.17) is 18.9 Å². The van der Waals surface area contributed by atoms with Crippen LogP contribution in [0.5, 0.6) is 0 Å². The SMILES string of the molecule is CC/C=C\C/C=C\C/C=C\C/C=C\CCCCCCCCCCCCCCCCC(=O)OC(COC(=O)CCCCCCCCCC/C=C\C/C=C\C/C=C\C/C=C\CC)COC(OCC[N+](C)(C)C)C(=O)O. The Labute approximate surface area is 448 Å². The van der Waals surface area contributed by atoms with E-state index in [0.717, 1.165) is 96.3 Å². The van der Waals surface area contributed by atoms with Crippen molar-refractivity contribution >= 4 is 17.9 Å². The van der Waals surface area contributed by atoms with Gasteiger partial charge in [0.25, 0.3) is 6.29 Å². The average Bonchev–Trinajstić information content (AvgIpc) is 3.36. The second-order valence-electron chi connectivity index (χ2n) is 20.5. The van der Waals surface area contributed by atoms with E-state index in [1.54, 1.807) is 0 Å². The summed E-state index contributed by atoms with van der Waals surface area (Å²) in [7, 11) is 5.96. The predicted octanol–water partition coefficient (Wildman–Crippen LogP) is 17.3. The van der Waals surface area contributed by atoms with Crippen LogP contribution in [-0.4, -0.2) is 87.4 Å². The van der Waals surface area contributed by atoms with Crippen LogP contribution < -0.4 is 0 Å². The zero-order chi connectivity index (χ0) is 53.4. The van der Waals surface area contributed by atoms with Crippen LogP contribution in [0.2, 0.25) is 0 Å². The molecular weight excluding hydrogens is 911 g/mol. The summed E-state index contributed by atoms with van der Waals surface area (Å²) in [6.45, 7) is 4.65. The molecule has 73 heavy (non-hydrogen) atoms. The Morgan fingerprint density at radius 3 is 1.10 bits per heavy atom. The Kier molecular flexibility index (Phi) is 51.6. The number of carbonyl (C=O) groups is 3. The lowest BCUT2D eigenvalue weighted by molar-refractivity contribution is -0.870. The fraction of sp³-hybridized carbons (Fsp3) is 0.703. The van der Waals surface area contributed by atoms with Crippen LogP contribution in [0.25, 0.3) is 0 Å². The molecule has 418 valence electrons. The average molecular weight is 1020 g/mol. The van der Waals surface area contributed by atoms with Crippen LogP contribution in [-0.2, 0) is 33.3 Å². The van der Waals surface area contributed by atoms with Crippen LogP contribution in [0.15, 0.2) is 97.2 Å². The molecule has 0 aromatic carbocycles. The molecule has 0 saturated carbocycles. The summed E-state index contributed by atoms with van der Waals surface area (Å²) in [5.74, 6) is -2.02. The Balaban J connectivity index is 4.24. The first kappa shape index (κ1) is 69.2. The van der Waals surface area contributed by atoms with Gasteiger partial charge in [-0.3, -0.25) is 9.59 Å². The van der Waals surface area contributed by atoms with E-state index >= 15 is 0 Å². The third-order valence-electron chi connectivity index (χ3n) is 12.3. The highest BCUT2D eigenvalue weighted by atomic mass is 16.7. The van der Waals surface area contributed by atoms with Gasteiger partial charge in [-0.2, -0.15) is 0 Å². The Hall–Kier alpha value is -3.79. The number of carboxylic acid groups (broad SMARTS) is 1. The van der Waals surface area contributed by atoms with Crippen molar-refractivity contribution in [3.63, 3.8) is 0 Å². The zero-order valence-corrected chi connectivity index (χ0v) is 47.5. The molecule has 0 aromatic rings. The number of quaternary nitrogens is 1. The topological polar surface area (TPSA) is 108 Å². The van der Waals surface area contributed by atoms with E-state index in [-0.39, 0.29) is 38.6 Å². The summed E-state index contributed by atoms with van der Waals surface area (Å²) in [6.07, 6.45) is 70.5. The maximum absolute atomic E-state index is 12.9. The Morgan fingerprint density at radius 1 is 0.411 bits per heavy atom. The first-order valence-electron chi connectivity index (χ1n) is 29.4. The fourth-order valence-corrected chi connectivity index (χ4v) is 7.88. The number of rotatable bonds is 53. The van der Waals surface area contributed by atoms with Crippen molar-refractivity contribution in [1.82, 2.24) is 0 Å². The van der Waals surface area contributed by atoms with Gasteiger partial charge in [0.1, 0.15) is 13.2 Å². The molecule has 0 fully saturated rings. The summed E-state index contributed by atoms with van der Waals surface area (Å²) in [4.78, 5) is 37.5. The van der Waals surface area contributed by atoms with E-state index in [1.807, 2.05) is 21.1 Å². The molecular formula is C64H110NO8+. The van der Waals surface area contributed by atoms with Gasteiger partial charge in [0.15, 0.2) is 6.10 Å². The maximum atomic E-state index is 12.9. The monoisotopic (exact) mass is 1020 g/mol.